The fraction of sp³-hybridized carbons (Fsp3) is 0.722. The average molecular weight is 380 g/mol. The SMILES string of the molecule is Cc1ocnc1C(=O)N[C@H]1C[C@H](C(=O)NCCCN2CCOCC2)C[C@@H]1O. The van der Waals surface area contributed by atoms with Gasteiger partial charge in [0.25, 0.3) is 5.91 Å². The highest BCUT2D eigenvalue weighted by atomic mass is 16.5. The Labute approximate surface area is 158 Å². The first-order valence-electron chi connectivity index (χ1n) is 9.51. The molecule has 27 heavy (non-hydrogen) atoms. The van der Waals surface area contributed by atoms with E-state index in [0.717, 1.165) is 39.3 Å². The number of nitrogens with one attached hydrogen (secondary N) is 2. The number of amides is 2. The van der Waals surface area contributed by atoms with Gasteiger partial charge in [-0.2, -0.15) is 0 Å². The lowest BCUT2D eigenvalue weighted by Gasteiger charge is -2.26. The van der Waals surface area contributed by atoms with Crippen LogP contribution < -0.4 is 10.6 Å². The number of aliphatic hydroxyl groups excluding tert-OH is 1. The Hall–Kier alpha value is -1.97. The number of aryl methyl sites for hydroxylation is 1. The van der Waals surface area contributed by atoms with Crippen LogP contribution in [0.5, 0.6) is 0 Å². The molecule has 0 bridgehead atoms. The summed E-state index contributed by atoms with van der Waals surface area (Å²) in [5.74, 6) is -0.330. The number of hydrogen-bond donors (Lipinski definition) is 3. The Balaban J connectivity index is 1.38. The molecule has 0 aromatic carbocycles. The number of morpholine rings is 1. The maximum atomic E-state index is 12.4. The first-order chi connectivity index (χ1) is 13.0. The molecule has 0 radical (unpaired) electrons. The average Bonchev–Trinajstić information content (AvgIpc) is 3.25. The molecule has 2 fully saturated rings. The molecule has 2 heterocycles. The van der Waals surface area contributed by atoms with E-state index in [2.05, 4.69) is 20.5 Å². The van der Waals surface area contributed by atoms with Crippen LogP contribution in [-0.2, 0) is 9.53 Å². The first kappa shape index (κ1) is 19.8. The Morgan fingerprint density at radius 1 is 1.33 bits per heavy atom. The number of aromatic nitrogens is 1. The van der Waals surface area contributed by atoms with Crippen molar-refractivity contribution >= 4 is 11.8 Å². The minimum absolute atomic E-state index is 0.0645. The number of ether oxygens (including phenoxy) is 1. The fourth-order valence-electron chi connectivity index (χ4n) is 3.63. The molecule has 150 valence electrons. The Kier molecular flexibility index (Phi) is 6.81. The molecule has 3 atom stereocenters. The van der Waals surface area contributed by atoms with E-state index in [4.69, 9.17) is 9.15 Å². The van der Waals surface area contributed by atoms with E-state index < -0.39 is 18.1 Å². The van der Waals surface area contributed by atoms with Gasteiger partial charge in [-0.3, -0.25) is 14.5 Å². The highest BCUT2D eigenvalue weighted by molar-refractivity contribution is 5.93. The zero-order chi connectivity index (χ0) is 19.2. The fourth-order valence-corrected chi connectivity index (χ4v) is 3.63. The van der Waals surface area contributed by atoms with E-state index in [1.807, 2.05) is 0 Å². The summed E-state index contributed by atoms with van der Waals surface area (Å²) in [4.78, 5) is 30.8. The minimum atomic E-state index is -0.745. The smallest absolute Gasteiger partial charge is 0.273 e. The van der Waals surface area contributed by atoms with Gasteiger partial charge in [0.2, 0.25) is 5.91 Å². The van der Waals surface area contributed by atoms with Crippen molar-refractivity contribution in [2.24, 2.45) is 5.92 Å². The Morgan fingerprint density at radius 2 is 2.11 bits per heavy atom. The molecule has 1 saturated carbocycles. The summed E-state index contributed by atoms with van der Waals surface area (Å²) in [5, 5.41) is 15.9. The largest absolute Gasteiger partial charge is 0.448 e. The van der Waals surface area contributed by atoms with Crippen molar-refractivity contribution in [2.45, 2.75) is 38.3 Å². The molecule has 9 heteroatoms. The van der Waals surface area contributed by atoms with E-state index in [-0.39, 0.29) is 17.5 Å². The molecule has 9 nitrogen and oxygen atoms in total. The van der Waals surface area contributed by atoms with Gasteiger partial charge in [-0.15, -0.1) is 0 Å². The quantitative estimate of drug-likeness (QED) is 0.556. The lowest BCUT2D eigenvalue weighted by atomic mass is 10.1. The zero-order valence-electron chi connectivity index (χ0n) is 15.6. The summed E-state index contributed by atoms with van der Waals surface area (Å²) < 4.78 is 10.3. The van der Waals surface area contributed by atoms with Gasteiger partial charge in [-0.25, -0.2) is 4.98 Å². The Bertz CT molecular complexity index is 643. The molecule has 1 aromatic heterocycles. The second kappa shape index (κ2) is 9.29. The van der Waals surface area contributed by atoms with Gasteiger partial charge in [0, 0.05) is 25.6 Å². The van der Waals surface area contributed by atoms with Gasteiger partial charge >= 0.3 is 0 Å². The predicted molar refractivity (Wildman–Crippen MR) is 96.1 cm³/mol. The van der Waals surface area contributed by atoms with Crippen molar-refractivity contribution in [1.29, 1.82) is 0 Å². The van der Waals surface area contributed by atoms with Crippen LogP contribution in [0.3, 0.4) is 0 Å². The summed E-state index contributed by atoms with van der Waals surface area (Å²) in [5.41, 5.74) is 0.207. The molecule has 3 rings (SSSR count). The third kappa shape index (κ3) is 5.27. The molecule has 0 spiro atoms. The minimum Gasteiger partial charge on any atom is -0.448 e. The first-order valence-corrected chi connectivity index (χ1v) is 9.51. The summed E-state index contributed by atoms with van der Waals surface area (Å²) in [7, 11) is 0. The number of rotatable bonds is 7. The second-order valence-corrected chi connectivity index (χ2v) is 7.17. The molecular formula is C18H28N4O5. The predicted octanol–water partition coefficient (Wildman–Crippen LogP) is -0.309. The number of oxazole rings is 1. The molecule has 3 N–H and O–H groups in total. The Morgan fingerprint density at radius 3 is 2.81 bits per heavy atom. The normalized spacial score (nSPS) is 26.1. The van der Waals surface area contributed by atoms with Crippen molar-refractivity contribution in [3.8, 4) is 0 Å². The summed E-state index contributed by atoms with van der Waals surface area (Å²) in [6.45, 7) is 6.62. The van der Waals surface area contributed by atoms with Gasteiger partial charge in [0.05, 0.1) is 25.4 Å². The van der Waals surface area contributed by atoms with Gasteiger partial charge in [0.15, 0.2) is 12.1 Å². The van der Waals surface area contributed by atoms with Crippen LogP contribution >= 0.6 is 0 Å². The van der Waals surface area contributed by atoms with Gasteiger partial charge in [0.1, 0.15) is 5.76 Å². The maximum Gasteiger partial charge on any atom is 0.273 e. The van der Waals surface area contributed by atoms with Crippen molar-refractivity contribution in [1.82, 2.24) is 20.5 Å². The molecule has 1 aliphatic heterocycles. The zero-order valence-corrected chi connectivity index (χ0v) is 15.6. The monoisotopic (exact) mass is 380 g/mol. The number of aliphatic hydroxyl groups is 1. The van der Waals surface area contributed by atoms with Crippen LogP contribution in [0.15, 0.2) is 10.8 Å². The van der Waals surface area contributed by atoms with Crippen molar-refractivity contribution in [2.75, 3.05) is 39.4 Å². The number of carbonyl (C=O) groups is 2. The third-order valence-corrected chi connectivity index (χ3v) is 5.23. The third-order valence-electron chi connectivity index (χ3n) is 5.23. The number of hydrogen-bond acceptors (Lipinski definition) is 7. The van der Waals surface area contributed by atoms with E-state index in [0.29, 0.717) is 25.1 Å². The van der Waals surface area contributed by atoms with Crippen LogP contribution in [0.1, 0.15) is 35.5 Å². The molecule has 0 unspecified atom stereocenters. The van der Waals surface area contributed by atoms with Crippen molar-refractivity contribution < 1.29 is 23.8 Å². The molecule has 1 aromatic rings. The van der Waals surface area contributed by atoms with Gasteiger partial charge < -0.3 is 24.9 Å². The van der Waals surface area contributed by atoms with Gasteiger partial charge in [-0.05, 0) is 32.7 Å². The standard InChI is InChI=1S/C18H28N4O5/c1-12-16(20-11-27-12)18(25)21-14-9-13(10-15(14)23)17(24)19-3-2-4-22-5-7-26-8-6-22/h11,13-15,23H,2-10H2,1H3,(H,19,24)(H,21,25)/t13-,14-,15-/m0/s1. The topological polar surface area (TPSA) is 117 Å². The van der Waals surface area contributed by atoms with Crippen molar-refractivity contribution in [3.63, 3.8) is 0 Å². The number of carbonyl (C=O) groups excluding carboxylic acids is 2. The van der Waals surface area contributed by atoms with E-state index in [9.17, 15) is 14.7 Å². The molecule has 1 aliphatic carbocycles. The van der Waals surface area contributed by atoms with Crippen LogP contribution in [0, 0.1) is 12.8 Å². The summed E-state index contributed by atoms with van der Waals surface area (Å²) >= 11 is 0. The van der Waals surface area contributed by atoms with Crippen LogP contribution in [-0.4, -0.2) is 78.3 Å². The maximum absolute atomic E-state index is 12.4. The van der Waals surface area contributed by atoms with E-state index in [1.54, 1.807) is 6.92 Å². The van der Waals surface area contributed by atoms with E-state index >= 15 is 0 Å². The lowest BCUT2D eigenvalue weighted by Crippen LogP contribution is -2.40. The summed E-state index contributed by atoms with van der Waals surface area (Å²) in [6, 6.07) is -0.460. The van der Waals surface area contributed by atoms with Crippen LogP contribution in [0.2, 0.25) is 0 Å². The molecule has 2 aliphatic rings. The second-order valence-electron chi connectivity index (χ2n) is 7.17. The van der Waals surface area contributed by atoms with E-state index in [1.165, 1.54) is 6.39 Å². The van der Waals surface area contributed by atoms with Crippen LogP contribution in [0.25, 0.3) is 0 Å². The summed E-state index contributed by atoms with van der Waals surface area (Å²) in [6.07, 6.45) is 2.11. The lowest BCUT2D eigenvalue weighted by molar-refractivity contribution is -0.125. The van der Waals surface area contributed by atoms with Gasteiger partial charge in [-0.1, -0.05) is 0 Å². The number of nitrogens with zero attached hydrogens (tertiary/aromatic N) is 2. The molecular weight excluding hydrogens is 352 g/mol. The highest BCUT2D eigenvalue weighted by Crippen LogP contribution is 2.26. The highest BCUT2D eigenvalue weighted by Gasteiger charge is 2.38. The van der Waals surface area contributed by atoms with Crippen LogP contribution in [0.4, 0.5) is 0 Å². The molecule has 1 saturated heterocycles. The molecule has 2 amide bonds. The van der Waals surface area contributed by atoms with Crippen molar-refractivity contribution in [3.05, 3.63) is 17.8 Å².